The van der Waals surface area contributed by atoms with E-state index in [1.165, 1.54) is 12.5 Å². The Bertz CT molecular complexity index is 1470. The minimum Gasteiger partial charge on any atom is -0.398 e. The number of anilines is 1. The molecule has 1 saturated carbocycles. The molecular formula is C24H23F3N6O7S2. The molecule has 2 atom stereocenters. The Hall–Kier alpha value is -3.93. The molecule has 0 spiro atoms. The lowest BCUT2D eigenvalue weighted by Crippen LogP contribution is -2.71. The molecule has 4 N–H and O–H groups in total. The predicted molar refractivity (Wildman–Crippen MR) is 141 cm³/mol. The van der Waals surface area contributed by atoms with Crippen molar-refractivity contribution in [3.05, 3.63) is 33.5 Å². The van der Waals surface area contributed by atoms with E-state index in [0.717, 1.165) is 40.8 Å². The van der Waals surface area contributed by atoms with Crippen molar-refractivity contribution >= 4 is 63.6 Å². The van der Waals surface area contributed by atoms with Crippen LogP contribution in [0.4, 0.5) is 18.3 Å². The normalized spacial score (nSPS) is 23.6. The van der Waals surface area contributed by atoms with E-state index < -0.39 is 47.0 Å². The van der Waals surface area contributed by atoms with Crippen LogP contribution < -0.4 is 16.4 Å². The molecule has 5 rings (SSSR count). The number of nitrogens with two attached hydrogens (primary N) is 1. The van der Waals surface area contributed by atoms with E-state index in [1.807, 2.05) is 0 Å². The largest absolute Gasteiger partial charge is 0.491 e. The van der Waals surface area contributed by atoms with E-state index in [0.29, 0.717) is 30.5 Å². The van der Waals surface area contributed by atoms with Crippen molar-refractivity contribution in [2.24, 2.45) is 11.1 Å². The molecule has 18 heteroatoms. The van der Waals surface area contributed by atoms with Gasteiger partial charge in [-0.2, -0.15) is 13.2 Å². The third-order valence-electron chi connectivity index (χ3n) is 6.88. The Morgan fingerprint density at radius 3 is 2.60 bits per heavy atom. The van der Waals surface area contributed by atoms with Gasteiger partial charge in [0.25, 0.3) is 11.8 Å². The van der Waals surface area contributed by atoms with Crippen LogP contribution in [0, 0.1) is 5.92 Å². The third-order valence-corrected chi connectivity index (χ3v) is 8.83. The summed E-state index contributed by atoms with van der Waals surface area (Å²) in [7, 11) is 1.20. The third kappa shape index (κ3) is 5.72. The number of nitrogens with one attached hydrogen (secondary N) is 2. The monoisotopic (exact) mass is 628 g/mol. The lowest BCUT2D eigenvalue weighted by atomic mass is 9.91. The Morgan fingerprint density at radius 1 is 1.29 bits per heavy atom. The number of ether oxygens (including phenoxy) is 1. The number of carbonyl (C=O) groups is 5. The van der Waals surface area contributed by atoms with Gasteiger partial charge >= 0.3 is 18.1 Å². The lowest BCUT2D eigenvalue weighted by Gasteiger charge is -2.50. The van der Waals surface area contributed by atoms with Crippen molar-refractivity contribution in [1.29, 1.82) is 0 Å². The van der Waals surface area contributed by atoms with Crippen molar-refractivity contribution in [1.82, 2.24) is 20.5 Å². The lowest BCUT2D eigenvalue weighted by molar-refractivity contribution is -0.201. The van der Waals surface area contributed by atoms with Crippen LogP contribution in [0.5, 0.6) is 0 Å². The fourth-order valence-electron chi connectivity index (χ4n) is 4.78. The van der Waals surface area contributed by atoms with Crippen LogP contribution in [0.2, 0.25) is 0 Å². The molecule has 2 saturated heterocycles. The summed E-state index contributed by atoms with van der Waals surface area (Å²) in [5, 5.41) is 9.49. The molecular weight excluding hydrogens is 605 g/mol. The first-order chi connectivity index (χ1) is 19.9. The average molecular weight is 629 g/mol. The summed E-state index contributed by atoms with van der Waals surface area (Å²) in [5.41, 5.74) is 5.83. The van der Waals surface area contributed by atoms with Crippen LogP contribution in [0.3, 0.4) is 0 Å². The number of alkyl halides is 3. The number of nitrogen functional groups attached to an aromatic ring is 1. The fraction of sp³-hybridized carbons (Fsp3) is 0.458. The number of rotatable bonds is 8. The molecule has 0 unspecified atom stereocenters. The number of esters is 2. The second kappa shape index (κ2) is 11.4. The van der Waals surface area contributed by atoms with Crippen LogP contribution in [-0.4, -0.2) is 82.3 Å². The summed E-state index contributed by atoms with van der Waals surface area (Å²) in [6.45, 7) is 0.338. The van der Waals surface area contributed by atoms with Gasteiger partial charge in [0, 0.05) is 23.3 Å². The zero-order valence-electron chi connectivity index (χ0n) is 21.8. The van der Waals surface area contributed by atoms with Crippen LogP contribution in [-0.2, 0) is 33.5 Å². The van der Waals surface area contributed by atoms with Crippen LogP contribution >= 0.6 is 23.1 Å². The molecule has 1 aromatic rings. The van der Waals surface area contributed by atoms with Crippen molar-refractivity contribution < 1.29 is 46.7 Å². The van der Waals surface area contributed by atoms with Crippen LogP contribution in [0.1, 0.15) is 31.4 Å². The number of thiazole rings is 1. The molecule has 0 aromatic carbocycles. The van der Waals surface area contributed by atoms with E-state index in [2.05, 4.69) is 25.5 Å². The molecule has 3 fully saturated rings. The second-order valence-electron chi connectivity index (χ2n) is 9.67. The maximum atomic E-state index is 13.4. The smallest absolute Gasteiger partial charge is 0.398 e. The molecule has 3 aliphatic heterocycles. The van der Waals surface area contributed by atoms with Crippen LogP contribution in [0.15, 0.2) is 33.0 Å². The molecule has 4 aliphatic rings. The summed E-state index contributed by atoms with van der Waals surface area (Å²) in [5.74, 6) is -6.31. The molecule has 13 nitrogen and oxygen atoms in total. The second-order valence-corrected chi connectivity index (χ2v) is 11.7. The number of nitrogens with zero attached hydrogens (tertiary/aromatic N) is 3. The number of fused-ring (bicyclic) bond motifs is 1. The molecule has 4 heterocycles. The highest BCUT2D eigenvalue weighted by Crippen LogP contribution is 2.47. The van der Waals surface area contributed by atoms with Gasteiger partial charge in [-0.1, -0.05) is 5.16 Å². The Labute approximate surface area is 243 Å². The van der Waals surface area contributed by atoms with Gasteiger partial charge in [0.1, 0.15) is 29.9 Å². The number of halogens is 3. The highest BCUT2D eigenvalue weighted by Gasteiger charge is 2.56. The number of thioether (sulfide) groups is 1. The first-order valence-electron chi connectivity index (χ1n) is 12.6. The topological polar surface area (TPSA) is 182 Å². The van der Waals surface area contributed by atoms with Gasteiger partial charge in [0.15, 0.2) is 10.8 Å². The van der Waals surface area contributed by atoms with E-state index in [1.54, 1.807) is 0 Å². The Balaban J connectivity index is 1.48. The highest BCUT2D eigenvalue weighted by molar-refractivity contribution is 8.00. The highest BCUT2D eigenvalue weighted by atomic mass is 32.2. The van der Waals surface area contributed by atoms with Gasteiger partial charge in [-0.05, 0) is 42.7 Å². The van der Waals surface area contributed by atoms with E-state index in [-0.39, 0.29) is 39.7 Å². The minimum absolute atomic E-state index is 0.00801. The Kier molecular flexibility index (Phi) is 8.02. The number of oxime groups is 1. The molecule has 1 aliphatic carbocycles. The van der Waals surface area contributed by atoms with Gasteiger partial charge in [0.2, 0.25) is 5.91 Å². The van der Waals surface area contributed by atoms with Gasteiger partial charge < -0.3 is 25.9 Å². The average Bonchev–Trinajstić information content (AvgIpc) is 3.50. The quantitative estimate of drug-likeness (QED) is 0.0937. The molecule has 1 aromatic heterocycles. The van der Waals surface area contributed by atoms with E-state index >= 15 is 0 Å². The zero-order valence-corrected chi connectivity index (χ0v) is 23.4. The molecule has 42 heavy (non-hydrogen) atoms. The molecule has 0 bridgehead atoms. The van der Waals surface area contributed by atoms with Crippen molar-refractivity contribution in [2.75, 3.05) is 25.1 Å². The zero-order chi connectivity index (χ0) is 30.3. The molecule has 224 valence electrons. The van der Waals surface area contributed by atoms with E-state index in [9.17, 15) is 37.1 Å². The number of aromatic nitrogens is 1. The van der Waals surface area contributed by atoms with Crippen molar-refractivity contribution in [3.8, 4) is 0 Å². The maximum absolute atomic E-state index is 13.4. The van der Waals surface area contributed by atoms with Gasteiger partial charge in [-0.15, -0.1) is 23.1 Å². The first-order valence-corrected chi connectivity index (χ1v) is 14.5. The summed E-state index contributed by atoms with van der Waals surface area (Å²) in [6, 6.07) is -1.22. The van der Waals surface area contributed by atoms with Crippen molar-refractivity contribution in [3.63, 3.8) is 0 Å². The minimum atomic E-state index is -5.47. The van der Waals surface area contributed by atoms with Gasteiger partial charge in [-0.3, -0.25) is 19.3 Å². The standard InChI is InChI=1S/C24H23F3N6O7S2/c1-39-32-14(13-8-42-23(28)30-13)18(35)31-15-19(36)33-16(21(37)40-22(38)24(25,26)27)12(7-41-20(15)33)11(6-9-2-3-9)10-4-5-29-17(10)34/h8-9,15,20H,2-7H2,1H3,(H2,28,30)(H,29,34)(H,31,35)/b11-10+,32-14-/t15-,20-/m1/s1. The molecule has 3 amide bonds. The number of β-lactam (4-membered cyclic amide) rings is 1. The summed E-state index contributed by atoms with van der Waals surface area (Å²) in [6.07, 6.45) is -3.06. The number of allylic oxidation sites excluding steroid dienone is 1. The van der Waals surface area contributed by atoms with Gasteiger partial charge in [0.05, 0.1) is 0 Å². The van der Waals surface area contributed by atoms with Crippen molar-refractivity contribution in [2.45, 2.75) is 43.3 Å². The molecule has 0 radical (unpaired) electrons. The predicted octanol–water partition coefficient (Wildman–Crippen LogP) is 0.978. The van der Waals surface area contributed by atoms with Crippen LogP contribution in [0.25, 0.3) is 0 Å². The fourth-order valence-corrected chi connectivity index (χ4v) is 6.71. The summed E-state index contributed by atoms with van der Waals surface area (Å²) >= 11 is 2.17. The number of carbonyl (C=O) groups excluding carboxylic acids is 5. The number of hydrogen-bond donors (Lipinski definition) is 3. The number of hydrogen-bond acceptors (Lipinski definition) is 12. The maximum Gasteiger partial charge on any atom is 0.491 e. The van der Waals surface area contributed by atoms with Gasteiger partial charge in [-0.25, -0.2) is 14.6 Å². The summed E-state index contributed by atoms with van der Waals surface area (Å²) < 4.78 is 43.1. The van der Waals surface area contributed by atoms with E-state index in [4.69, 9.17) is 10.6 Å². The number of amides is 3. The Morgan fingerprint density at radius 2 is 2.02 bits per heavy atom. The first kappa shape index (κ1) is 29.6. The summed E-state index contributed by atoms with van der Waals surface area (Å²) in [4.78, 5) is 73.4. The SMILES string of the molecule is CO/N=C(\C(=O)N[C@@H]1C(=O)N2C(C(=O)OC(=O)C(F)(F)F)=C(/C(CC3CC3)=C3\CCNC3=O)CS[C@H]12)c1csc(N)n1.